The first-order valence-electron chi connectivity index (χ1n) is 38.1. The van der Waals surface area contributed by atoms with E-state index in [4.69, 9.17) is 37.0 Å². The van der Waals surface area contributed by atoms with Gasteiger partial charge in [-0.15, -0.1) is 0 Å². The average Bonchev–Trinajstić information content (AvgIpc) is 0.930. The van der Waals surface area contributed by atoms with Crippen molar-refractivity contribution in [3.63, 3.8) is 0 Å². The molecule has 0 rings (SSSR count). The predicted octanol–water partition coefficient (Wildman–Crippen LogP) is 21.9. The SMILES string of the molecule is CC/C=C\C/C=C\C/C=C\C/C=C\C/C=C\C/C=C\CCC(=O)OCC(COP(=O)(O)OCC(O)COP(=O)(O)OCC(COC(=O)CCCCCCC/C=C\CCCCCC)OC(=O)CCCCCCCCCCCCC)OC(=O)CCC/C=C\C/C=C\C/C=C\C/C=C\C/C=C\CC. The minimum atomic E-state index is -5.01. The van der Waals surface area contributed by atoms with Gasteiger partial charge < -0.3 is 33.8 Å². The summed E-state index contributed by atoms with van der Waals surface area (Å²) in [5, 5.41) is 10.6. The molecule has 0 saturated carbocycles. The summed E-state index contributed by atoms with van der Waals surface area (Å²) >= 11 is 0. The molecule has 0 aliphatic carbocycles. The quantitative estimate of drug-likeness (QED) is 0.0169. The number of aliphatic hydroxyl groups excluding tert-OH is 1. The molecule has 0 aromatic carbocycles. The third-order valence-electron chi connectivity index (χ3n) is 15.3. The van der Waals surface area contributed by atoms with Crippen LogP contribution >= 0.6 is 15.6 Å². The zero-order valence-corrected chi connectivity index (χ0v) is 63.9. The van der Waals surface area contributed by atoms with E-state index in [0.29, 0.717) is 38.5 Å². The summed E-state index contributed by atoms with van der Waals surface area (Å²) in [7, 11) is -9.99. The van der Waals surface area contributed by atoms with Gasteiger partial charge in [0.25, 0.3) is 0 Å². The number of allylic oxidation sites excluding steroid dienone is 24. The molecule has 0 aliphatic heterocycles. The highest BCUT2D eigenvalue weighted by molar-refractivity contribution is 7.47. The van der Waals surface area contributed by atoms with E-state index in [2.05, 4.69) is 143 Å². The number of unbranched alkanes of at least 4 members (excludes halogenated alkanes) is 20. The molecule has 0 radical (unpaired) electrons. The van der Waals surface area contributed by atoms with Crippen molar-refractivity contribution in [2.24, 2.45) is 0 Å². The molecular weight excluding hydrogens is 1310 g/mol. The van der Waals surface area contributed by atoms with Gasteiger partial charge in [0.15, 0.2) is 12.2 Å². The molecule has 5 atom stereocenters. The van der Waals surface area contributed by atoms with E-state index >= 15 is 0 Å². The Hall–Kier alpha value is -5.06. The van der Waals surface area contributed by atoms with Crippen molar-refractivity contribution in [3.05, 3.63) is 146 Å². The molecule has 100 heavy (non-hydrogen) atoms. The van der Waals surface area contributed by atoms with E-state index in [1.807, 2.05) is 30.4 Å². The van der Waals surface area contributed by atoms with Crippen molar-refractivity contribution in [2.45, 2.75) is 303 Å². The fourth-order valence-corrected chi connectivity index (χ4v) is 11.1. The summed E-state index contributed by atoms with van der Waals surface area (Å²) in [6.45, 7) is 4.45. The molecule has 0 fully saturated rings. The molecule has 19 heteroatoms. The largest absolute Gasteiger partial charge is 0.472 e. The van der Waals surface area contributed by atoms with Crippen LogP contribution < -0.4 is 0 Å². The standard InChI is InChI=1S/C81H134O17P2/c1-5-9-13-17-21-25-29-32-34-36-37-39-40-43-47-50-54-58-62-66-79(84)92-72-77(98-81(86)68-64-60-56-52-48-44-41-38-35-33-30-26-22-18-14-10-6-2)74-96-100(89,90)94-70-75(82)69-93-99(87,88)95-73-76(97-80(85)67-63-59-55-51-45-28-24-20-16-12-8-4)71-91-78(83)65-61-57-53-49-46-42-31-27-23-19-15-11-7-3/h9-10,13-14,21-22,25-27,31-35,37,39,41,43-44,47,52,54,56,58,75-77,82H,5-8,11-12,15-20,23-24,28-30,36,38,40,42,45-46,48-51,53,55,57,59-74H2,1-4H3,(H,87,88)(H,89,90)/b13-9-,14-10-,25-21-,26-22-,31-27-,34-32-,35-33-,39-37-,44-41-,47-43-,56-52-,58-54-. The topological polar surface area (TPSA) is 237 Å². The van der Waals surface area contributed by atoms with E-state index in [9.17, 15) is 43.2 Å². The number of ether oxygens (including phenoxy) is 4. The van der Waals surface area contributed by atoms with Crippen molar-refractivity contribution >= 4 is 39.5 Å². The number of phosphoric acid groups is 2. The van der Waals surface area contributed by atoms with Crippen molar-refractivity contribution in [3.8, 4) is 0 Å². The molecule has 5 unspecified atom stereocenters. The second-order valence-corrected chi connectivity index (χ2v) is 27.7. The third kappa shape index (κ3) is 71.3. The lowest BCUT2D eigenvalue weighted by Crippen LogP contribution is -2.30. The third-order valence-corrected chi connectivity index (χ3v) is 17.2. The molecule has 0 spiro atoms. The van der Waals surface area contributed by atoms with Crippen LogP contribution in [0.3, 0.4) is 0 Å². The van der Waals surface area contributed by atoms with Gasteiger partial charge in [0.2, 0.25) is 0 Å². The number of rotatable bonds is 70. The number of hydrogen-bond acceptors (Lipinski definition) is 15. The van der Waals surface area contributed by atoms with Gasteiger partial charge in [-0.05, 0) is 128 Å². The van der Waals surface area contributed by atoms with Crippen LogP contribution in [0.1, 0.15) is 285 Å². The normalized spacial score (nSPS) is 14.8. The maximum atomic E-state index is 13.1. The van der Waals surface area contributed by atoms with Crippen LogP contribution in [-0.4, -0.2) is 96.7 Å². The van der Waals surface area contributed by atoms with E-state index in [0.717, 1.165) is 128 Å². The van der Waals surface area contributed by atoms with Crippen molar-refractivity contribution in [1.29, 1.82) is 0 Å². The molecule has 17 nitrogen and oxygen atoms in total. The molecule has 0 aliphatic rings. The lowest BCUT2D eigenvalue weighted by atomic mass is 10.1. The Kier molecular flexibility index (Phi) is 68.6. The van der Waals surface area contributed by atoms with Gasteiger partial charge in [-0.25, -0.2) is 9.13 Å². The number of aliphatic hydroxyl groups is 1. The molecule has 0 saturated heterocycles. The maximum absolute atomic E-state index is 13.1. The number of carbonyl (C=O) groups excluding carboxylic acids is 4. The Morgan fingerprint density at radius 1 is 0.290 bits per heavy atom. The van der Waals surface area contributed by atoms with Crippen LogP contribution in [0.25, 0.3) is 0 Å². The lowest BCUT2D eigenvalue weighted by Gasteiger charge is -2.21. The van der Waals surface area contributed by atoms with E-state index in [1.165, 1.54) is 64.2 Å². The highest BCUT2D eigenvalue weighted by Gasteiger charge is 2.30. The van der Waals surface area contributed by atoms with Crippen LogP contribution in [0.4, 0.5) is 0 Å². The van der Waals surface area contributed by atoms with Crippen LogP contribution in [-0.2, 0) is 65.4 Å². The summed E-state index contributed by atoms with van der Waals surface area (Å²) in [6.07, 6.45) is 81.6. The van der Waals surface area contributed by atoms with Crippen molar-refractivity contribution in [2.75, 3.05) is 39.6 Å². The Labute approximate surface area is 605 Å². The second kappa shape index (κ2) is 72.3. The maximum Gasteiger partial charge on any atom is 0.472 e. The lowest BCUT2D eigenvalue weighted by molar-refractivity contribution is -0.161. The first kappa shape index (κ1) is 94.9. The number of esters is 4. The number of phosphoric ester groups is 2. The minimum Gasteiger partial charge on any atom is -0.462 e. The van der Waals surface area contributed by atoms with E-state index < -0.39 is 97.5 Å². The second-order valence-electron chi connectivity index (χ2n) is 24.8. The molecule has 570 valence electrons. The zero-order valence-electron chi connectivity index (χ0n) is 62.1. The van der Waals surface area contributed by atoms with Crippen LogP contribution in [0.5, 0.6) is 0 Å². The molecule has 0 aromatic heterocycles. The first-order valence-corrected chi connectivity index (χ1v) is 41.1. The van der Waals surface area contributed by atoms with Crippen molar-refractivity contribution < 1.29 is 80.2 Å². The fourth-order valence-electron chi connectivity index (χ4n) is 9.57. The summed E-state index contributed by atoms with van der Waals surface area (Å²) in [4.78, 5) is 72.7. The van der Waals surface area contributed by atoms with Crippen LogP contribution in [0.2, 0.25) is 0 Å². The predicted molar refractivity (Wildman–Crippen MR) is 408 cm³/mol. The molecular formula is C81H134O17P2. The summed E-state index contributed by atoms with van der Waals surface area (Å²) in [5.41, 5.74) is 0. The van der Waals surface area contributed by atoms with Crippen molar-refractivity contribution in [1.82, 2.24) is 0 Å². The van der Waals surface area contributed by atoms with Crippen LogP contribution in [0.15, 0.2) is 146 Å². The van der Waals surface area contributed by atoms with Crippen LogP contribution in [0, 0.1) is 0 Å². The summed E-state index contributed by atoms with van der Waals surface area (Å²) < 4.78 is 68.3. The molecule has 0 heterocycles. The highest BCUT2D eigenvalue weighted by atomic mass is 31.2. The summed E-state index contributed by atoms with van der Waals surface area (Å²) in [5.74, 6) is -2.36. The van der Waals surface area contributed by atoms with Gasteiger partial charge in [-0.1, -0.05) is 276 Å². The highest BCUT2D eigenvalue weighted by Crippen LogP contribution is 2.45. The van der Waals surface area contributed by atoms with Gasteiger partial charge in [0.1, 0.15) is 19.3 Å². The van der Waals surface area contributed by atoms with Gasteiger partial charge in [-0.2, -0.15) is 0 Å². The molecule has 0 amide bonds. The average molecular weight is 1440 g/mol. The summed E-state index contributed by atoms with van der Waals surface area (Å²) in [6, 6.07) is 0. The van der Waals surface area contributed by atoms with Gasteiger partial charge in [-0.3, -0.25) is 37.3 Å². The van der Waals surface area contributed by atoms with Gasteiger partial charge >= 0.3 is 39.5 Å². The Morgan fingerprint density at radius 3 is 0.920 bits per heavy atom. The number of hydrogen-bond donors (Lipinski definition) is 3. The van der Waals surface area contributed by atoms with Gasteiger partial charge in [0, 0.05) is 25.7 Å². The zero-order chi connectivity index (χ0) is 73.2. The first-order chi connectivity index (χ1) is 48.7. The number of carbonyl (C=O) groups is 4. The molecule has 0 aromatic rings. The Bertz CT molecular complexity index is 2470. The van der Waals surface area contributed by atoms with Gasteiger partial charge in [0.05, 0.1) is 26.4 Å². The van der Waals surface area contributed by atoms with E-state index in [1.54, 1.807) is 0 Å². The van der Waals surface area contributed by atoms with E-state index in [-0.39, 0.29) is 25.7 Å². The molecule has 0 bridgehead atoms. The smallest absolute Gasteiger partial charge is 0.462 e. The Morgan fingerprint density at radius 2 is 0.550 bits per heavy atom. The minimum absolute atomic E-state index is 0.00366. The monoisotopic (exact) mass is 1440 g/mol. The Balaban J connectivity index is 5.47. The fraction of sp³-hybridized carbons (Fsp3) is 0.654. The molecule has 3 N–H and O–H groups in total.